The minimum absolute atomic E-state index is 0.00447. The maximum Gasteiger partial charge on any atom is 0.338 e. The topological polar surface area (TPSA) is 59.1 Å². The molecule has 1 aromatic rings. The van der Waals surface area contributed by atoms with E-state index in [0.29, 0.717) is 18.7 Å². The van der Waals surface area contributed by atoms with Crippen LogP contribution < -0.4 is 4.90 Å². The molecule has 2 rings (SSSR count). The molecule has 0 bridgehead atoms. The molecule has 0 aromatic heterocycles. The third-order valence-electron chi connectivity index (χ3n) is 3.70. The van der Waals surface area contributed by atoms with Crippen LogP contribution in [-0.2, 0) is 14.3 Å². The van der Waals surface area contributed by atoms with Gasteiger partial charge in [0, 0.05) is 32.9 Å². The lowest BCUT2D eigenvalue weighted by Gasteiger charge is -2.35. The van der Waals surface area contributed by atoms with Crippen molar-refractivity contribution in [3.8, 4) is 0 Å². The summed E-state index contributed by atoms with van der Waals surface area (Å²) in [7, 11) is 3.80. The Morgan fingerprint density at radius 2 is 1.91 bits per heavy atom. The molecule has 1 heterocycles. The number of amides is 1. The summed E-state index contributed by atoms with van der Waals surface area (Å²) in [6.07, 6.45) is -0.00894. The van der Waals surface area contributed by atoms with Crippen molar-refractivity contribution in [3.05, 3.63) is 29.8 Å². The van der Waals surface area contributed by atoms with Crippen LogP contribution in [0.3, 0.4) is 0 Å². The van der Waals surface area contributed by atoms with E-state index in [1.807, 2.05) is 38.9 Å². The zero-order valence-corrected chi connectivity index (χ0v) is 14.1. The van der Waals surface area contributed by atoms with Crippen LogP contribution in [0.4, 0.5) is 5.69 Å². The van der Waals surface area contributed by atoms with Gasteiger partial charge in [-0.25, -0.2) is 4.79 Å². The van der Waals surface area contributed by atoms with Gasteiger partial charge in [-0.15, -0.1) is 0 Å². The van der Waals surface area contributed by atoms with Crippen LogP contribution in [0, 0.1) is 0 Å². The number of morpholine rings is 1. The molecule has 23 heavy (non-hydrogen) atoms. The van der Waals surface area contributed by atoms with Crippen molar-refractivity contribution >= 4 is 17.6 Å². The Bertz CT molecular complexity index is 563. The molecule has 1 aromatic carbocycles. The predicted octanol–water partition coefficient (Wildman–Crippen LogP) is 1.55. The molecule has 1 saturated heterocycles. The molecule has 1 aliphatic heterocycles. The molecular weight excluding hydrogens is 296 g/mol. The molecule has 0 saturated carbocycles. The van der Waals surface area contributed by atoms with Gasteiger partial charge in [0.25, 0.3) is 5.91 Å². The van der Waals surface area contributed by atoms with Gasteiger partial charge >= 0.3 is 5.97 Å². The van der Waals surface area contributed by atoms with Crippen LogP contribution in [0.2, 0.25) is 0 Å². The standard InChI is InChI=1S/C17H24N2O4/c1-12-9-19(10-13(2)23-12)16(20)11-22-17(21)14-6-5-7-15(8-14)18(3)4/h5-8,12-13H,9-11H2,1-4H3/t12-,13+. The van der Waals surface area contributed by atoms with Gasteiger partial charge in [0.1, 0.15) is 0 Å². The van der Waals surface area contributed by atoms with Crippen molar-refractivity contribution in [1.29, 1.82) is 0 Å². The number of rotatable bonds is 4. The summed E-state index contributed by atoms with van der Waals surface area (Å²) in [5.74, 6) is -0.680. The molecule has 6 nitrogen and oxygen atoms in total. The Morgan fingerprint density at radius 1 is 1.26 bits per heavy atom. The zero-order chi connectivity index (χ0) is 17.0. The number of benzene rings is 1. The number of ether oxygens (including phenoxy) is 2. The van der Waals surface area contributed by atoms with Gasteiger partial charge in [-0.3, -0.25) is 4.79 Å². The molecular formula is C17H24N2O4. The summed E-state index contributed by atoms with van der Waals surface area (Å²) in [5, 5.41) is 0. The van der Waals surface area contributed by atoms with E-state index in [1.54, 1.807) is 23.1 Å². The molecule has 126 valence electrons. The fourth-order valence-electron chi connectivity index (χ4n) is 2.59. The summed E-state index contributed by atoms with van der Waals surface area (Å²) in [6, 6.07) is 7.11. The second-order valence-corrected chi connectivity index (χ2v) is 6.08. The van der Waals surface area contributed by atoms with E-state index in [4.69, 9.17) is 9.47 Å². The van der Waals surface area contributed by atoms with E-state index in [2.05, 4.69) is 0 Å². The summed E-state index contributed by atoms with van der Waals surface area (Å²) >= 11 is 0. The van der Waals surface area contributed by atoms with E-state index in [0.717, 1.165) is 5.69 Å². The smallest absolute Gasteiger partial charge is 0.338 e. The highest BCUT2D eigenvalue weighted by atomic mass is 16.5. The third-order valence-corrected chi connectivity index (χ3v) is 3.70. The van der Waals surface area contributed by atoms with Crippen molar-refractivity contribution in [2.24, 2.45) is 0 Å². The number of nitrogens with zero attached hydrogens (tertiary/aromatic N) is 2. The lowest BCUT2D eigenvalue weighted by atomic mass is 10.2. The average Bonchev–Trinajstić information content (AvgIpc) is 2.51. The molecule has 0 spiro atoms. The summed E-state index contributed by atoms with van der Waals surface area (Å²) in [4.78, 5) is 27.9. The lowest BCUT2D eigenvalue weighted by molar-refractivity contribution is -0.146. The zero-order valence-electron chi connectivity index (χ0n) is 14.1. The first-order chi connectivity index (χ1) is 10.9. The third kappa shape index (κ3) is 4.69. The van der Waals surface area contributed by atoms with Gasteiger partial charge < -0.3 is 19.3 Å². The quantitative estimate of drug-likeness (QED) is 0.788. The van der Waals surface area contributed by atoms with Crippen molar-refractivity contribution in [1.82, 2.24) is 4.90 Å². The van der Waals surface area contributed by atoms with Gasteiger partial charge in [0.05, 0.1) is 17.8 Å². The highest BCUT2D eigenvalue weighted by molar-refractivity contribution is 5.92. The Kier molecular flexibility index (Phi) is 5.60. The first kappa shape index (κ1) is 17.3. The second-order valence-electron chi connectivity index (χ2n) is 6.08. The number of anilines is 1. The van der Waals surface area contributed by atoms with Crippen LogP contribution in [0.15, 0.2) is 24.3 Å². The second kappa shape index (κ2) is 7.46. The number of hydrogen-bond acceptors (Lipinski definition) is 5. The molecule has 6 heteroatoms. The van der Waals surface area contributed by atoms with Crippen LogP contribution in [-0.4, -0.2) is 62.8 Å². The molecule has 1 amide bonds. The SMILES string of the molecule is C[C@@H]1CN(C(=O)COC(=O)c2cccc(N(C)C)c2)C[C@H](C)O1. The van der Waals surface area contributed by atoms with Gasteiger partial charge in [0.2, 0.25) is 0 Å². The Balaban J connectivity index is 1.91. The van der Waals surface area contributed by atoms with E-state index in [9.17, 15) is 9.59 Å². The Labute approximate surface area is 137 Å². The van der Waals surface area contributed by atoms with Crippen molar-refractivity contribution in [2.75, 3.05) is 38.7 Å². The average molecular weight is 320 g/mol. The molecule has 0 N–H and O–H groups in total. The summed E-state index contributed by atoms with van der Waals surface area (Å²) in [6.45, 7) is 4.65. The lowest BCUT2D eigenvalue weighted by Crippen LogP contribution is -2.49. The predicted molar refractivity (Wildman–Crippen MR) is 87.6 cm³/mol. The van der Waals surface area contributed by atoms with Crippen molar-refractivity contribution in [3.63, 3.8) is 0 Å². The van der Waals surface area contributed by atoms with Crippen molar-refractivity contribution < 1.29 is 19.1 Å². The fourth-order valence-corrected chi connectivity index (χ4v) is 2.59. The van der Waals surface area contributed by atoms with Crippen LogP contribution >= 0.6 is 0 Å². The molecule has 2 atom stereocenters. The number of carbonyl (C=O) groups excluding carboxylic acids is 2. The van der Waals surface area contributed by atoms with E-state index < -0.39 is 5.97 Å². The van der Waals surface area contributed by atoms with Gasteiger partial charge in [-0.2, -0.15) is 0 Å². The highest BCUT2D eigenvalue weighted by Crippen LogP contribution is 2.15. The van der Waals surface area contributed by atoms with Crippen molar-refractivity contribution in [2.45, 2.75) is 26.1 Å². The maximum absolute atomic E-state index is 12.2. The number of esters is 1. The fraction of sp³-hybridized carbons (Fsp3) is 0.529. The molecule has 0 aliphatic carbocycles. The molecule has 0 unspecified atom stereocenters. The van der Waals surface area contributed by atoms with E-state index in [1.165, 1.54) is 0 Å². The minimum atomic E-state index is -0.489. The first-order valence-electron chi connectivity index (χ1n) is 7.74. The summed E-state index contributed by atoms with van der Waals surface area (Å²) < 4.78 is 10.7. The number of carbonyl (C=O) groups is 2. The van der Waals surface area contributed by atoms with Gasteiger partial charge in [0.15, 0.2) is 6.61 Å². The van der Waals surface area contributed by atoms with Gasteiger partial charge in [-0.05, 0) is 32.0 Å². The molecule has 1 aliphatic rings. The number of hydrogen-bond donors (Lipinski definition) is 0. The van der Waals surface area contributed by atoms with Gasteiger partial charge in [-0.1, -0.05) is 6.07 Å². The Morgan fingerprint density at radius 3 is 2.52 bits per heavy atom. The molecule has 1 fully saturated rings. The van der Waals surface area contributed by atoms with Crippen LogP contribution in [0.5, 0.6) is 0 Å². The largest absolute Gasteiger partial charge is 0.452 e. The maximum atomic E-state index is 12.2. The molecule has 0 radical (unpaired) electrons. The minimum Gasteiger partial charge on any atom is -0.452 e. The van der Waals surface area contributed by atoms with E-state index >= 15 is 0 Å². The highest BCUT2D eigenvalue weighted by Gasteiger charge is 2.26. The van der Waals surface area contributed by atoms with Crippen LogP contribution in [0.25, 0.3) is 0 Å². The first-order valence-corrected chi connectivity index (χ1v) is 7.74. The normalized spacial score (nSPS) is 21.0. The Hall–Kier alpha value is -2.08. The summed E-state index contributed by atoms with van der Waals surface area (Å²) in [5.41, 5.74) is 1.34. The van der Waals surface area contributed by atoms with E-state index in [-0.39, 0.29) is 24.7 Å². The van der Waals surface area contributed by atoms with Crippen LogP contribution in [0.1, 0.15) is 24.2 Å². The monoisotopic (exact) mass is 320 g/mol.